The van der Waals surface area contributed by atoms with Crippen LogP contribution in [0.4, 0.5) is 0 Å². The second kappa shape index (κ2) is 10.8. The molecule has 248 valence electrons. The van der Waals surface area contributed by atoms with Gasteiger partial charge in [0.2, 0.25) is 0 Å². The Labute approximate surface area is 305 Å². The number of benzene rings is 8. The molecule has 4 saturated carbocycles. The Bertz CT molecular complexity index is 2660. The summed E-state index contributed by atoms with van der Waals surface area (Å²) in [4.78, 5) is 0. The first-order valence-electron chi connectivity index (χ1n) is 19.5. The third-order valence-electron chi connectivity index (χ3n) is 14.0. The predicted octanol–water partition coefficient (Wildman–Crippen LogP) is 13.9. The molecule has 4 fully saturated rings. The van der Waals surface area contributed by atoms with Crippen molar-refractivity contribution in [1.82, 2.24) is 0 Å². The fraction of sp³-hybridized carbons (Fsp3) is 0.192. The maximum Gasteiger partial charge on any atom is 0.0272 e. The minimum Gasteiger partial charge on any atom is -0.0622 e. The Kier molecular flexibility index (Phi) is 6.04. The van der Waals surface area contributed by atoms with Crippen LogP contribution >= 0.6 is 0 Å². The van der Waals surface area contributed by atoms with E-state index in [9.17, 15) is 0 Å². The Balaban J connectivity index is 1.11. The lowest BCUT2D eigenvalue weighted by atomic mass is 9.43. The molecule has 0 radical (unpaired) electrons. The van der Waals surface area contributed by atoms with E-state index >= 15 is 0 Å². The van der Waals surface area contributed by atoms with Gasteiger partial charge in [-0.2, -0.15) is 0 Å². The Morgan fingerprint density at radius 3 is 1.52 bits per heavy atom. The van der Waals surface area contributed by atoms with Gasteiger partial charge < -0.3 is 0 Å². The van der Waals surface area contributed by atoms with Crippen LogP contribution in [0.1, 0.15) is 43.2 Å². The average Bonchev–Trinajstić information content (AvgIpc) is 3.47. The molecule has 0 aromatic heterocycles. The fourth-order valence-electron chi connectivity index (χ4n) is 12.3. The normalized spacial score (nSPS) is 23.8. The van der Waals surface area contributed by atoms with Crippen LogP contribution in [-0.2, 0) is 5.41 Å². The smallest absolute Gasteiger partial charge is 0.0272 e. The molecule has 0 aliphatic heterocycles. The maximum absolute atomic E-state index is 2.62. The molecule has 0 atom stereocenters. The summed E-state index contributed by atoms with van der Waals surface area (Å²) in [5.41, 5.74) is 14.2. The van der Waals surface area contributed by atoms with Crippen molar-refractivity contribution in [3.8, 4) is 44.5 Å². The molecule has 5 aliphatic carbocycles. The van der Waals surface area contributed by atoms with Crippen LogP contribution in [0.3, 0.4) is 0 Å². The molecule has 4 bridgehead atoms. The molecule has 0 heterocycles. The van der Waals surface area contributed by atoms with Crippen LogP contribution in [0.5, 0.6) is 0 Å². The van der Waals surface area contributed by atoms with Crippen molar-refractivity contribution in [2.24, 2.45) is 23.7 Å². The van der Waals surface area contributed by atoms with Gasteiger partial charge >= 0.3 is 0 Å². The lowest BCUT2D eigenvalue weighted by Gasteiger charge is -2.61. The zero-order chi connectivity index (χ0) is 34.0. The van der Waals surface area contributed by atoms with Crippen LogP contribution in [0.2, 0.25) is 0 Å². The topological polar surface area (TPSA) is 0 Å². The molecular weight excluding hydrogens is 625 g/mol. The first kappa shape index (κ1) is 29.2. The fourth-order valence-corrected chi connectivity index (χ4v) is 12.3. The maximum atomic E-state index is 2.62. The highest BCUT2D eigenvalue weighted by atomic mass is 14.6. The van der Waals surface area contributed by atoms with Crippen molar-refractivity contribution in [2.45, 2.75) is 37.5 Å². The number of hydrogen-bond acceptors (Lipinski definition) is 0. The lowest BCUT2D eigenvalue weighted by molar-refractivity contribution is -0.0398. The molecule has 5 aliphatic rings. The van der Waals surface area contributed by atoms with Crippen LogP contribution in [0.25, 0.3) is 76.8 Å². The molecule has 1 spiro atoms. The van der Waals surface area contributed by atoms with Gasteiger partial charge in [0.1, 0.15) is 0 Å². The Morgan fingerprint density at radius 1 is 0.346 bits per heavy atom. The van der Waals surface area contributed by atoms with Gasteiger partial charge in [-0.1, -0.05) is 140 Å². The van der Waals surface area contributed by atoms with E-state index in [1.807, 2.05) is 0 Å². The summed E-state index contributed by atoms with van der Waals surface area (Å²) in [7, 11) is 0. The summed E-state index contributed by atoms with van der Waals surface area (Å²) >= 11 is 0. The lowest BCUT2D eigenvalue weighted by Crippen LogP contribution is -2.55. The van der Waals surface area contributed by atoms with Crippen molar-refractivity contribution >= 4 is 32.3 Å². The molecule has 0 N–H and O–H groups in total. The molecule has 0 saturated heterocycles. The van der Waals surface area contributed by atoms with Gasteiger partial charge in [0.05, 0.1) is 0 Å². The first-order valence-corrected chi connectivity index (χ1v) is 19.5. The highest BCUT2D eigenvalue weighted by Gasteiger charge is 2.61. The van der Waals surface area contributed by atoms with E-state index in [0.29, 0.717) is 0 Å². The van der Waals surface area contributed by atoms with Gasteiger partial charge in [0, 0.05) is 5.41 Å². The molecule has 13 rings (SSSR count). The summed E-state index contributed by atoms with van der Waals surface area (Å²) in [6.45, 7) is 0. The van der Waals surface area contributed by atoms with Crippen LogP contribution in [0.15, 0.2) is 158 Å². The van der Waals surface area contributed by atoms with Crippen molar-refractivity contribution in [2.75, 3.05) is 0 Å². The standard InChI is InChI=1S/C52H40/c1-2-12-34(13-3-1)50-42-18-8-10-20-44(42)51(45-21-11-9-19-43(45)50)41-17-7-6-16-40(41)37-22-23-48-46(30-37)47-29-35-14-4-5-15-36(35)31-49(47)52(48)38-25-32-24-33(27-38)28-39(52)26-32/h1-23,29-33,38-39H,24-28H2. The number of fused-ring (bicyclic) bond motifs is 6. The van der Waals surface area contributed by atoms with Crippen molar-refractivity contribution in [1.29, 1.82) is 0 Å². The molecule has 8 aromatic carbocycles. The quantitative estimate of drug-likeness (QED) is 0.165. The zero-order valence-electron chi connectivity index (χ0n) is 29.4. The number of rotatable bonds is 3. The average molecular weight is 665 g/mol. The second-order valence-electron chi connectivity index (χ2n) is 16.4. The van der Waals surface area contributed by atoms with Crippen molar-refractivity contribution in [3.05, 3.63) is 169 Å². The zero-order valence-corrected chi connectivity index (χ0v) is 29.4. The van der Waals surface area contributed by atoms with E-state index in [4.69, 9.17) is 0 Å². The molecule has 0 nitrogen and oxygen atoms in total. The largest absolute Gasteiger partial charge is 0.0622 e. The molecule has 0 unspecified atom stereocenters. The van der Waals surface area contributed by atoms with E-state index in [1.54, 1.807) is 11.1 Å². The van der Waals surface area contributed by atoms with E-state index in [-0.39, 0.29) is 5.41 Å². The van der Waals surface area contributed by atoms with Crippen LogP contribution in [-0.4, -0.2) is 0 Å². The SMILES string of the molecule is c1ccc(-c2c3ccccc3c(-c3ccccc3-c3ccc4c(c3)-c3cc5ccccc5cc3C43C4CC5CC(C4)CC3C5)c3ccccc23)cc1. The molecule has 8 aromatic rings. The number of hydrogen-bond donors (Lipinski definition) is 0. The van der Waals surface area contributed by atoms with Crippen LogP contribution < -0.4 is 0 Å². The Morgan fingerprint density at radius 2 is 0.865 bits per heavy atom. The summed E-state index contributed by atoms with van der Waals surface area (Å²) in [6, 6.07) is 60.1. The summed E-state index contributed by atoms with van der Waals surface area (Å²) < 4.78 is 0. The van der Waals surface area contributed by atoms with Gasteiger partial charge in [-0.25, -0.2) is 0 Å². The predicted molar refractivity (Wildman–Crippen MR) is 219 cm³/mol. The van der Waals surface area contributed by atoms with Gasteiger partial charge in [-0.15, -0.1) is 0 Å². The van der Waals surface area contributed by atoms with Crippen LogP contribution in [0, 0.1) is 23.7 Å². The van der Waals surface area contributed by atoms with Crippen molar-refractivity contribution in [3.63, 3.8) is 0 Å². The third-order valence-corrected chi connectivity index (χ3v) is 14.0. The summed E-state index contributed by atoms with van der Waals surface area (Å²) in [5, 5.41) is 7.96. The highest BCUT2D eigenvalue weighted by molar-refractivity contribution is 6.22. The summed E-state index contributed by atoms with van der Waals surface area (Å²) in [5.74, 6) is 3.38. The highest BCUT2D eigenvalue weighted by Crippen LogP contribution is 2.69. The minimum absolute atomic E-state index is 0.153. The van der Waals surface area contributed by atoms with Gasteiger partial charge in [-0.3, -0.25) is 0 Å². The molecular formula is C52H40. The first-order chi connectivity index (χ1) is 25.8. The van der Waals surface area contributed by atoms with E-state index < -0.39 is 0 Å². The molecule has 0 heteroatoms. The second-order valence-corrected chi connectivity index (χ2v) is 16.4. The van der Waals surface area contributed by atoms with E-state index in [2.05, 4.69) is 158 Å². The third kappa shape index (κ3) is 3.88. The van der Waals surface area contributed by atoms with Crippen molar-refractivity contribution < 1.29 is 0 Å². The van der Waals surface area contributed by atoms with Gasteiger partial charge in [0.25, 0.3) is 0 Å². The molecule has 52 heavy (non-hydrogen) atoms. The van der Waals surface area contributed by atoms with Gasteiger partial charge in [-0.05, 0) is 162 Å². The monoisotopic (exact) mass is 664 g/mol. The summed E-state index contributed by atoms with van der Waals surface area (Å²) in [6.07, 6.45) is 7.10. The van der Waals surface area contributed by atoms with Gasteiger partial charge in [0.15, 0.2) is 0 Å². The minimum atomic E-state index is 0.153. The molecule has 0 amide bonds. The van der Waals surface area contributed by atoms with E-state index in [1.165, 1.54) is 109 Å². The Hall–Kier alpha value is -5.46. The van der Waals surface area contributed by atoms with E-state index in [0.717, 1.165) is 23.7 Å².